The van der Waals surface area contributed by atoms with Crippen LogP contribution in [0.4, 0.5) is 21.7 Å². The quantitative estimate of drug-likeness (QED) is 0.504. The van der Waals surface area contributed by atoms with Gasteiger partial charge in [-0.05, 0) is 51.8 Å². The van der Waals surface area contributed by atoms with E-state index in [1.807, 2.05) is 32.0 Å². The highest BCUT2D eigenvalue weighted by atomic mass is 79.9. The Labute approximate surface area is 195 Å². The number of ether oxygens (including phenoxy) is 1. The number of nitrogens with zero attached hydrogens (tertiary/aromatic N) is 3. The molecule has 7 nitrogen and oxygen atoms in total. The summed E-state index contributed by atoms with van der Waals surface area (Å²) < 4.78 is 20.0. The molecular weight excluding hydrogens is 477 g/mol. The second-order valence-corrected chi connectivity index (χ2v) is 7.96. The van der Waals surface area contributed by atoms with Crippen LogP contribution in [0.5, 0.6) is 0 Å². The van der Waals surface area contributed by atoms with Crippen molar-refractivity contribution in [2.45, 2.75) is 27.3 Å². The summed E-state index contributed by atoms with van der Waals surface area (Å²) in [4.78, 5) is 22.5. The second-order valence-electron chi connectivity index (χ2n) is 7.10. The largest absolute Gasteiger partial charge is 0.379 e. The van der Waals surface area contributed by atoms with Crippen molar-refractivity contribution in [1.82, 2.24) is 14.9 Å². The van der Waals surface area contributed by atoms with Crippen molar-refractivity contribution < 1.29 is 13.9 Å². The summed E-state index contributed by atoms with van der Waals surface area (Å²) in [6, 6.07) is 9.12. The van der Waals surface area contributed by atoms with E-state index in [0.717, 1.165) is 30.9 Å². The summed E-state index contributed by atoms with van der Waals surface area (Å²) in [7, 11) is 0. The molecule has 0 unspecified atom stereocenters. The number of benzene rings is 2. The lowest BCUT2D eigenvalue weighted by atomic mass is 10.1. The van der Waals surface area contributed by atoms with Gasteiger partial charge in [-0.1, -0.05) is 13.8 Å². The van der Waals surface area contributed by atoms with E-state index in [9.17, 15) is 9.18 Å². The first-order chi connectivity index (χ1) is 15.5. The number of carbonyl (C=O) groups is 1. The lowest BCUT2D eigenvalue weighted by molar-refractivity contribution is -0.114. The Morgan fingerprint density at radius 2 is 1.91 bits per heavy atom. The van der Waals surface area contributed by atoms with Crippen molar-refractivity contribution in [3.63, 3.8) is 0 Å². The number of halogens is 2. The monoisotopic (exact) mass is 503 g/mol. The molecule has 1 aliphatic rings. The molecule has 2 heterocycles. The topological polar surface area (TPSA) is 79.4 Å². The number of nitrogens with one attached hydrogen (secondary N) is 2. The first-order valence-corrected chi connectivity index (χ1v) is 11.4. The first kappa shape index (κ1) is 24.0. The molecule has 4 rings (SSSR count). The maximum absolute atomic E-state index is 14.2. The van der Waals surface area contributed by atoms with E-state index in [0.29, 0.717) is 40.2 Å². The van der Waals surface area contributed by atoms with Gasteiger partial charge in [-0.25, -0.2) is 14.4 Å². The van der Waals surface area contributed by atoms with Gasteiger partial charge in [-0.3, -0.25) is 9.69 Å². The normalized spacial score (nSPS) is 13.9. The minimum Gasteiger partial charge on any atom is -0.379 e. The minimum absolute atomic E-state index is 0.146. The lowest BCUT2D eigenvalue weighted by Gasteiger charge is -2.27. The van der Waals surface area contributed by atoms with Gasteiger partial charge in [0.2, 0.25) is 11.9 Å². The summed E-state index contributed by atoms with van der Waals surface area (Å²) in [6.45, 7) is 9.37. The first-order valence-electron chi connectivity index (χ1n) is 10.6. The number of anilines is 3. The van der Waals surface area contributed by atoms with E-state index in [2.05, 4.69) is 41.4 Å². The molecule has 2 aromatic carbocycles. The highest BCUT2D eigenvalue weighted by Gasteiger charge is 2.13. The predicted molar refractivity (Wildman–Crippen MR) is 129 cm³/mol. The number of morpholine rings is 1. The number of amides is 1. The van der Waals surface area contributed by atoms with Crippen LogP contribution in [0.2, 0.25) is 0 Å². The van der Waals surface area contributed by atoms with E-state index >= 15 is 0 Å². The zero-order valence-electron chi connectivity index (χ0n) is 18.4. The number of aromatic nitrogens is 2. The predicted octanol–water partition coefficient (Wildman–Crippen LogP) is 5.09. The zero-order chi connectivity index (χ0) is 23.1. The Kier molecular flexibility index (Phi) is 8.49. The molecule has 0 saturated carbocycles. The molecule has 0 aliphatic carbocycles. The van der Waals surface area contributed by atoms with Crippen molar-refractivity contribution in [2.24, 2.45) is 0 Å². The summed E-state index contributed by atoms with van der Waals surface area (Å²) >= 11 is 3.17. The molecule has 1 aliphatic heterocycles. The zero-order valence-corrected chi connectivity index (χ0v) is 20.0. The molecule has 0 bridgehead atoms. The molecule has 1 fully saturated rings. The third kappa shape index (κ3) is 6.21. The van der Waals surface area contributed by atoms with Crippen LogP contribution in [-0.4, -0.2) is 47.1 Å². The van der Waals surface area contributed by atoms with Gasteiger partial charge >= 0.3 is 0 Å². The molecule has 1 saturated heterocycles. The molecule has 32 heavy (non-hydrogen) atoms. The second kappa shape index (κ2) is 11.3. The summed E-state index contributed by atoms with van der Waals surface area (Å²) in [5.74, 6) is -0.187. The van der Waals surface area contributed by atoms with E-state index in [-0.39, 0.29) is 11.7 Å². The summed E-state index contributed by atoms with van der Waals surface area (Å²) in [6.07, 6.45) is 1.46. The van der Waals surface area contributed by atoms with Gasteiger partial charge in [-0.15, -0.1) is 0 Å². The Morgan fingerprint density at radius 3 is 2.62 bits per heavy atom. The minimum atomic E-state index is -0.389. The van der Waals surface area contributed by atoms with E-state index in [1.165, 1.54) is 13.1 Å². The molecule has 1 amide bonds. The van der Waals surface area contributed by atoms with Crippen LogP contribution >= 0.6 is 15.9 Å². The van der Waals surface area contributed by atoms with Crippen LogP contribution in [0.25, 0.3) is 10.9 Å². The van der Waals surface area contributed by atoms with E-state index in [1.54, 1.807) is 12.1 Å². The summed E-state index contributed by atoms with van der Waals surface area (Å²) in [5.41, 5.74) is 2.97. The van der Waals surface area contributed by atoms with Gasteiger partial charge in [0.25, 0.3) is 0 Å². The van der Waals surface area contributed by atoms with Gasteiger partial charge in [0.15, 0.2) is 0 Å². The maximum Gasteiger partial charge on any atom is 0.227 e. The number of fused-ring (bicyclic) bond motifs is 1. The van der Waals surface area contributed by atoms with Crippen LogP contribution < -0.4 is 10.6 Å². The molecule has 1 aromatic heterocycles. The highest BCUT2D eigenvalue weighted by molar-refractivity contribution is 9.10. The van der Waals surface area contributed by atoms with Crippen LogP contribution in [0, 0.1) is 5.82 Å². The number of carbonyl (C=O) groups excluding carboxylic acids is 1. The molecule has 170 valence electrons. The fourth-order valence-electron chi connectivity index (χ4n) is 3.38. The smallest absolute Gasteiger partial charge is 0.227 e. The molecule has 9 heteroatoms. The molecule has 3 aromatic rings. The van der Waals surface area contributed by atoms with Crippen molar-refractivity contribution in [2.75, 3.05) is 36.9 Å². The average Bonchev–Trinajstić information content (AvgIpc) is 2.78. The fraction of sp³-hybridized carbons (Fsp3) is 0.348. The summed E-state index contributed by atoms with van der Waals surface area (Å²) in [5, 5.41) is 6.35. The van der Waals surface area contributed by atoms with Crippen LogP contribution in [-0.2, 0) is 16.1 Å². The SMILES string of the molecule is CC.CC(=O)Nc1cc(CN2CCOCC2)cc(Nc2ncc3c(F)c(Br)ccc3n2)c1. The number of rotatable bonds is 5. The van der Waals surface area contributed by atoms with Gasteiger partial charge < -0.3 is 15.4 Å². The van der Waals surface area contributed by atoms with Gasteiger partial charge in [-0.2, -0.15) is 0 Å². The van der Waals surface area contributed by atoms with Gasteiger partial charge in [0.05, 0.1) is 28.6 Å². The standard InChI is InChI=1S/C21H21BrFN5O2.C2H6/c1-13(29)25-15-8-14(12-28-4-6-30-7-5-28)9-16(10-15)26-21-24-11-17-19(27-21)3-2-18(22)20(17)23;1-2/h2-3,8-11H,4-7,12H2,1H3,(H,25,29)(H,24,26,27);1-2H3. The third-order valence-electron chi connectivity index (χ3n) is 4.73. The van der Waals surface area contributed by atoms with Crippen LogP contribution in [0.15, 0.2) is 41.0 Å². The van der Waals surface area contributed by atoms with E-state index in [4.69, 9.17) is 4.74 Å². The Balaban J connectivity index is 0.00000141. The van der Waals surface area contributed by atoms with Crippen molar-refractivity contribution in [3.05, 3.63) is 52.4 Å². The Morgan fingerprint density at radius 1 is 1.19 bits per heavy atom. The van der Waals surface area contributed by atoms with Crippen molar-refractivity contribution >= 4 is 50.1 Å². The molecular formula is C23H27BrFN5O2. The number of hydrogen-bond donors (Lipinski definition) is 2. The van der Waals surface area contributed by atoms with Gasteiger partial charge in [0, 0.05) is 44.1 Å². The Hall–Kier alpha value is -2.62. The maximum atomic E-state index is 14.2. The number of hydrogen-bond acceptors (Lipinski definition) is 6. The average molecular weight is 504 g/mol. The molecule has 0 atom stereocenters. The van der Waals surface area contributed by atoms with Crippen molar-refractivity contribution in [3.8, 4) is 0 Å². The molecule has 0 spiro atoms. The van der Waals surface area contributed by atoms with Crippen LogP contribution in [0.1, 0.15) is 26.3 Å². The van der Waals surface area contributed by atoms with Gasteiger partial charge in [0.1, 0.15) is 5.82 Å². The van der Waals surface area contributed by atoms with Crippen LogP contribution in [0.3, 0.4) is 0 Å². The Bertz CT molecular complexity index is 1090. The van der Waals surface area contributed by atoms with E-state index < -0.39 is 0 Å². The highest BCUT2D eigenvalue weighted by Crippen LogP contribution is 2.26. The molecule has 2 N–H and O–H groups in total. The lowest BCUT2D eigenvalue weighted by Crippen LogP contribution is -2.35. The fourth-order valence-corrected chi connectivity index (χ4v) is 3.73. The molecule has 0 radical (unpaired) electrons. The third-order valence-corrected chi connectivity index (χ3v) is 5.34. The van der Waals surface area contributed by atoms with Crippen molar-refractivity contribution in [1.29, 1.82) is 0 Å².